The third-order valence-corrected chi connectivity index (χ3v) is 8.28. The molecule has 1 heterocycles. The minimum absolute atomic E-state index is 0.00111. The summed E-state index contributed by atoms with van der Waals surface area (Å²) in [7, 11) is 0. The molecule has 0 aromatic heterocycles. The van der Waals surface area contributed by atoms with Crippen molar-refractivity contribution in [2.24, 2.45) is 0 Å². The van der Waals surface area contributed by atoms with Crippen molar-refractivity contribution in [3.63, 3.8) is 0 Å². The number of nitrogens with one attached hydrogen (secondary N) is 1. The molecule has 0 amide bonds. The van der Waals surface area contributed by atoms with E-state index in [0.717, 1.165) is 5.56 Å². The van der Waals surface area contributed by atoms with Crippen LogP contribution in [0.4, 0.5) is 5.69 Å². The van der Waals surface area contributed by atoms with Gasteiger partial charge in [-0.3, -0.25) is 58.6 Å². The fourth-order valence-electron chi connectivity index (χ4n) is 5.71. The zero-order valence-corrected chi connectivity index (χ0v) is 28.1. The zero-order chi connectivity index (χ0) is 37.1. The number of hydrogen-bond acceptors (Lipinski definition) is 13. The van der Waals surface area contributed by atoms with Gasteiger partial charge in [-0.15, -0.1) is 0 Å². The van der Waals surface area contributed by atoms with Crippen LogP contribution in [0.3, 0.4) is 0 Å². The zero-order valence-electron chi connectivity index (χ0n) is 28.1. The summed E-state index contributed by atoms with van der Waals surface area (Å²) in [4.78, 5) is 76.2. The lowest BCUT2D eigenvalue weighted by molar-refractivity contribution is -0.384. The third kappa shape index (κ3) is 18.5. The number of carboxylic acid groups (broad SMARTS) is 5. The molecule has 0 spiro atoms. The lowest BCUT2D eigenvalue weighted by atomic mass is 10.0. The Labute approximate surface area is 289 Å². The Kier molecular flexibility index (Phi) is 18.8. The number of rotatable bonds is 24. The van der Waals surface area contributed by atoms with Gasteiger partial charge in [-0.1, -0.05) is 12.1 Å². The second-order valence-electron chi connectivity index (χ2n) is 12.3. The maximum absolute atomic E-state index is 11.4. The van der Waals surface area contributed by atoms with Gasteiger partial charge in [0.1, 0.15) is 0 Å². The van der Waals surface area contributed by atoms with E-state index < -0.39 is 60.9 Å². The molecule has 50 heavy (non-hydrogen) atoms. The van der Waals surface area contributed by atoms with E-state index in [1.165, 1.54) is 21.9 Å². The molecule has 1 aromatic carbocycles. The summed E-state index contributed by atoms with van der Waals surface area (Å²) in [6.45, 7) is 2.98. The molecule has 1 aliphatic heterocycles. The molecule has 0 radical (unpaired) electrons. The molecule has 2 rings (SSSR count). The maximum Gasteiger partial charge on any atom is 0.317 e. The number of aliphatic carboxylic acids is 5. The normalized spacial score (nSPS) is 15.6. The number of hydrogen-bond donors (Lipinski definition) is 6. The van der Waals surface area contributed by atoms with E-state index in [2.05, 4.69) is 20.0 Å². The van der Waals surface area contributed by atoms with Crippen LogP contribution in [0.1, 0.15) is 18.4 Å². The predicted octanol–water partition coefficient (Wildman–Crippen LogP) is -1.18. The molecule has 1 aliphatic rings. The average molecular weight is 712 g/mol. The second-order valence-corrected chi connectivity index (χ2v) is 12.3. The van der Waals surface area contributed by atoms with Gasteiger partial charge in [0.2, 0.25) is 0 Å². The topological polar surface area (TPSA) is 258 Å². The molecule has 0 bridgehead atoms. The maximum atomic E-state index is 11.4. The number of aryl methyl sites for hydroxylation is 1. The van der Waals surface area contributed by atoms with Gasteiger partial charge >= 0.3 is 29.8 Å². The Bertz CT molecular complexity index is 1180. The summed E-state index contributed by atoms with van der Waals surface area (Å²) < 4.78 is 0. The van der Waals surface area contributed by atoms with Crippen LogP contribution in [0.25, 0.3) is 0 Å². The molecule has 1 aromatic rings. The SMILES string of the molecule is O=C(O)CNC(CCCc1ccc([N+](=O)[O-])cc1)CN1CCN(CCN(CC(=O)O)CC(=O)O)CCN(CCN(CC(=O)O)CC(=O)O)CC1. The molecular weight excluding hydrogens is 662 g/mol. The molecular formula is C31H49N7O12. The van der Waals surface area contributed by atoms with E-state index in [0.29, 0.717) is 78.2 Å². The van der Waals surface area contributed by atoms with Gasteiger partial charge in [0.05, 0.1) is 37.6 Å². The number of benzene rings is 1. The Morgan fingerprint density at radius 2 is 1.12 bits per heavy atom. The van der Waals surface area contributed by atoms with Crippen LogP contribution < -0.4 is 5.32 Å². The van der Waals surface area contributed by atoms with Crippen LogP contribution in [-0.2, 0) is 30.4 Å². The van der Waals surface area contributed by atoms with E-state index in [1.54, 1.807) is 12.1 Å². The molecule has 1 saturated heterocycles. The Hall–Kier alpha value is -4.27. The number of non-ortho nitro benzene ring substituents is 1. The summed E-state index contributed by atoms with van der Waals surface area (Å²) in [6, 6.07) is 6.08. The van der Waals surface area contributed by atoms with Gasteiger partial charge in [0.15, 0.2) is 0 Å². The third-order valence-electron chi connectivity index (χ3n) is 8.28. The van der Waals surface area contributed by atoms with Crippen molar-refractivity contribution < 1.29 is 54.4 Å². The van der Waals surface area contributed by atoms with Gasteiger partial charge in [0.25, 0.3) is 5.69 Å². The van der Waals surface area contributed by atoms with Crippen molar-refractivity contribution in [3.05, 3.63) is 39.9 Å². The Balaban J connectivity index is 2.17. The average Bonchev–Trinajstić information content (AvgIpc) is 3.11. The van der Waals surface area contributed by atoms with Crippen LogP contribution in [-0.4, -0.2) is 196 Å². The highest BCUT2D eigenvalue weighted by molar-refractivity contribution is 5.73. The smallest absolute Gasteiger partial charge is 0.317 e. The molecule has 1 unspecified atom stereocenters. The highest BCUT2D eigenvalue weighted by Crippen LogP contribution is 2.15. The first-order chi connectivity index (χ1) is 23.7. The number of nitro groups is 1. The first-order valence-corrected chi connectivity index (χ1v) is 16.4. The molecule has 6 N–H and O–H groups in total. The first-order valence-electron chi connectivity index (χ1n) is 16.4. The predicted molar refractivity (Wildman–Crippen MR) is 178 cm³/mol. The molecule has 19 nitrogen and oxygen atoms in total. The van der Waals surface area contributed by atoms with E-state index in [-0.39, 0.29) is 31.4 Å². The second kappa shape index (κ2) is 22.4. The Morgan fingerprint density at radius 3 is 1.50 bits per heavy atom. The summed E-state index contributed by atoms with van der Waals surface area (Å²) in [6.07, 6.45) is 1.94. The van der Waals surface area contributed by atoms with Gasteiger partial charge in [-0.05, 0) is 24.8 Å². The number of carbonyl (C=O) groups is 5. The first kappa shape index (κ1) is 41.9. The molecule has 280 valence electrons. The van der Waals surface area contributed by atoms with Gasteiger partial charge in [-0.25, -0.2) is 0 Å². The largest absolute Gasteiger partial charge is 0.480 e. The van der Waals surface area contributed by atoms with Crippen molar-refractivity contribution in [2.45, 2.75) is 25.3 Å². The fraction of sp³-hybridized carbons (Fsp3) is 0.645. The number of nitrogens with zero attached hydrogens (tertiary/aromatic N) is 6. The lowest BCUT2D eigenvalue weighted by Gasteiger charge is -2.30. The molecule has 1 atom stereocenters. The van der Waals surface area contributed by atoms with E-state index in [1.807, 2.05) is 0 Å². The van der Waals surface area contributed by atoms with Crippen molar-refractivity contribution in [2.75, 3.05) is 105 Å². The van der Waals surface area contributed by atoms with Gasteiger partial charge in [-0.2, -0.15) is 0 Å². The van der Waals surface area contributed by atoms with Crippen LogP contribution in [0, 0.1) is 10.1 Å². The van der Waals surface area contributed by atoms with Crippen LogP contribution >= 0.6 is 0 Å². The minimum atomic E-state index is -1.14. The number of nitro benzene ring substituents is 1. The fourth-order valence-corrected chi connectivity index (χ4v) is 5.71. The molecule has 1 fully saturated rings. The molecule has 0 saturated carbocycles. The highest BCUT2D eigenvalue weighted by Gasteiger charge is 2.22. The molecule has 19 heteroatoms. The van der Waals surface area contributed by atoms with Crippen LogP contribution in [0.2, 0.25) is 0 Å². The summed E-state index contributed by atoms with van der Waals surface area (Å²) >= 11 is 0. The summed E-state index contributed by atoms with van der Waals surface area (Å²) in [5.74, 6) is -5.59. The monoisotopic (exact) mass is 711 g/mol. The standard InChI is InChI=1S/C31H49N7O12/c39-27(40)18-32-25(3-1-2-24-4-6-26(7-5-24)38(49)50)19-35-14-10-33(12-16-36(20-28(41)42)21-29(43)44)8-9-34(11-15-35)13-17-37(22-30(45)46)23-31(47)48/h4-7,25,32H,1-3,8-23H2,(H,39,40)(H,41,42)(H,43,44)(H,45,46)(H,47,48). The summed E-state index contributed by atoms with van der Waals surface area (Å²) in [5.41, 5.74) is 0.917. The lowest BCUT2D eigenvalue weighted by Crippen LogP contribution is -2.47. The van der Waals surface area contributed by atoms with Crippen LogP contribution in [0.5, 0.6) is 0 Å². The van der Waals surface area contributed by atoms with Crippen molar-refractivity contribution >= 4 is 35.5 Å². The minimum Gasteiger partial charge on any atom is -0.480 e. The van der Waals surface area contributed by atoms with Crippen LogP contribution in [0.15, 0.2) is 24.3 Å². The van der Waals surface area contributed by atoms with E-state index in [4.69, 9.17) is 0 Å². The highest BCUT2D eigenvalue weighted by atomic mass is 16.6. The van der Waals surface area contributed by atoms with Crippen molar-refractivity contribution in [3.8, 4) is 0 Å². The summed E-state index contributed by atoms with van der Waals surface area (Å²) in [5, 5.41) is 60.4. The van der Waals surface area contributed by atoms with Crippen molar-refractivity contribution in [1.29, 1.82) is 0 Å². The van der Waals surface area contributed by atoms with E-state index in [9.17, 15) is 59.6 Å². The quantitative estimate of drug-likeness (QED) is 0.0545. The Morgan fingerprint density at radius 1 is 0.700 bits per heavy atom. The molecule has 0 aliphatic carbocycles. The van der Waals surface area contributed by atoms with Gasteiger partial charge in [0, 0.05) is 90.2 Å². The van der Waals surface area contributed by atoms with Crippen molar-refractivity contribution in [1.82, 2.24) is 29.8 Å². The van der Waals surface area contributed by atoms with E-state index >= 15 is 0 Å². The number of carboxylic acids is 5. The van der Waals surface area contributed by atoms with Gasteiger partial charge < -0.3 is 30.8 Å².